The van der Waals surface area contributed by atoms with Gasteiger partial charge < -0.3 is 9.72 Å². The van der Waals surface area contributed by atoms with Gasteiger partial charge in [0.25, 0.3) is 5.56 Å². The molecule has 6 nitrogen and oxygen atoms in total. The molecule has 0 saturated heterocycles. The largest absolute Gasteiger partial charge is 0.481 e. The summed E-state index contributed by atoms with van der Waals surface area (Å²) in [7, 11) is 1.57. The first-order chi connectivity index (χ1) is 18.5. The van der Waals surface area contributed by atoms with Crippen LogP contribution in [0.1, 0.15) is 22.5 Å². The van der Waals surface area contributed by atoms with E-state index in [0.29, 0.717) is 63.5 Å². The number of aromatic nitrogens is 4. The number of halogens is 6. The number of nitrogens with zero attached hydrogens (tertiary/aromatic N) is 3. The van der Waals surface area contributed by atoms with E-state index in [1.807, 2.05) is 6.92 Å². The monoisotopic (exact) mass is 682 g/mol. The number of hydrogen-bond donors (Lipinski definition) is 1. The minimum atomic E-state index is -0.182. The smallest absolute Gasteiger partial charge is 0.251 e. The normalized spacial score (nSPS) is 10.7. The quantitative estimate of drug-likeness (QED) is 0.118. The molecule has 0 aliphatic rings. The lowest BCUT2D eigenvalue weighted by Crippen LogP contribution is -2.08. The molecule has 2 heterocycles. The third-order valence-electron chi connectivity index (χ3n) is 4.84. The Morgan fingerprint density at radius 3 is 1.79 bits per heavy atom. The van der Waals surface area contributed by atoms with Crippen LogP contribution in [0.4, 0.5) is 0 Å². The molecule has 2 aromatic carbocycles. The number of H-pyrrole nitrogens is 1. The third kappa shape index (κ3) is 9.33. The van der Waals surface area contributed by atoms with Crippen molar-refractivity contribution in [1.82, 2.24) is 19.9 Å². The molecule has 0 aliphatic heterocycles. The fraction of sp³-hybridized carbons (Fsp3) is 0.200. The van der Waals surface area contributed by atoms with E-state index in [2.05, 4.69) is 19.9 Å². The van der Waals surface area contributed by atoms with Gasteiger partial charge in [-0.2, -0.15) is 4.98 Å². The second-order valence-corrected chi connectivity index (χ2v) is 12.0. The van der Waals surface area contributed by atoms with Gasteiger partial charge in [0.05, 0.1) is 27.2 Å². The van der Waals surface area contributed by atoms with Crippen molar-refractivity contribution in [2.24, 2.45) is 0 Å². The third-order valence-corrected chi connectivity index (χ3v) is 9.01. The van der Waals surface area contributed by atoms with Crippen LogP contribution in [0.5, 0.6) is 5.88 Å². The summed E-state index contributed by atoms with van der Waals surface area (Å²) in [4.78, 5) is 26.8. The van der Waals surface area contributed by atoms with Crippen molar-refractivity contribution in [2.75, 3.05) is 7.11 Å². The molecule has 39 heavy (non-hydrogen) atoms. The molecular weight excluding hydrogens is 665 g/mol. The van der Waals surface area contributed by atoms with Gasteiger partial charge in [0.15, 0.2) is 10.3 Å². The van der Waals surface area contributed by atoms with E-state index in [1.54, 1.807) is 44.4 Å². The summed E-state index contributed by atoms with van der Waals surface area (Å²) in [6.07, 6.45) is 0. The van der Waals surface area contributed by atoms with E-state index in [0.717, 1.165) is 16.8 Å². The molecule has 0 bridgehead atoms. The topological polar surface area (TPSA) is 80.8 Å². The summed E-state index contributed by atoms with van der Waals surface area (Å²) < 4.78 is 5.12. The van der Waals surface area contributed by atoms with Gasteiger partial charge in [0, 0.05) is 56.2 Å². The fourth-order valence-electron chi connectivity index (χ4n) is 2.98. The van der Waals surface area contributed by atoms with Crippen LogP contribution in [0.15, 0.2) is 51.5 Å². The zero-order valence-corrected chi connectivity index (χ0v) is 26.8. The number of rotatable bonds is 7. The van der Waals surface area contributed by atoms with Gasteiger partial charge in [-0.25, -0.2) is 9.97 Å². The van der Waals surface area contributed by atoms with Gasteiger partial charge in [0.2, 0.25) is 5.88 Å². The lowest BCUT2D eigenvalue weighted by atomic mass is 10.2. The number of thioether (sulfide) groups is 2. The molecule has 4 aromatic rings. The van der Waals surface area contributed by atoms with Crippen LogP contribution >= 0.6 is 93.1 Å². The van der Waals surface area contributed by atoms with E-state index in [4.69, 9.17) is 74.3 Å². The highest BCUT2D eigenvalue weighted by molar-refractivity contribution is 7.98. The Morgan fingerprint density at radius 2 is 1.26 bits per heavy atom. The zero-order valence-electron chi connectivity index (χ0n) is 20.6. The maximum absolute atomic E-state index is 11.3. The Bertz CT molecular complexity index is 1540. The highest BCUT2D eigenvalue weighted by Crippen LogP contribution is 2.36. The average molecular weight is 685 g/mol. The van der Waals surface area contributed by atoms with Crippen LogP contribution in [0.25, 0.3) is 0 Å². The molecule has 1 N–H and O–H groups in total. The first kappa shape index (κ1) is 32.2. The number of aryl methyl sites for hydroxylation is 2. The molecular formula is C25H20Cl6N4O2S2. The summed E-state index contributed by atoms with van der Waals surface area (Å²) in [5.41, 5.74) is 2.82. The SMILES string of the molecule is COc1cc(C)nc(SCc2c(Cl)ccc(Cl)c2Cl)n1.Cc1cc(=O)[nH]c(SCc2c(Cl)ccc(Cl)c2Cl)n1. The Kier molecular flexibility index (Phi) is 12.4. The molecule has 0 aliphatic carbocycles. The Labute approximate surface area is 264 Å². The average Bonchev–Trinajstić information content (AvgIpc) is 2.88. The van der Waals surface area contributed by atoms with E-state index in [1.165, 1.54) is 29.6 Å². The van der Waals surface area contributed by atoms with Crippen molar-refractivity contribution < 1.29 is 4.74 Å². The molecule has 0 saturated carbocycles. The highest BCUT2D eigenvalue weighted by atomic mass is 35.5. The summed E-state index contributed by atoms with van der Waals surface area (Å²) >= 11 is 39.2. The summed E-state index contributed by atoms with van der Waals surface area (Å²) in [5.74, 6) is 1.54. The first-order valence-electron chi connectivity index (χ1n) is 11.0. The molecule has 2 aromatic heterocycles. The predicted molar refractivity (Wildman–Crippen MR) is 165 cm³/mol. The number of aromatic amines is 1. The van der Waals surface area contributed by atoms with Gasteiger partial charge in [-0.05, 0) is 38.1 Å². The van der Waals surface area contributed by atoms with Gasteiger partial charge in [-0.15, -0.1) is 0 Å². The van der Waals surface area contributed by atoms with Crippen molar-refractivity contribution in [3.05, 3.63) is 99.4 Å². The molecule has 14 heteroatoms. The summed E-state index contributed by atoms with van der Waals surface area (Å²) in [6, 6.07) is 9.94. The van der Waals surface area contributed by atoms with E-state index in [-0.39, 0.29) is 5.56 Å². The number of methoxy groups -OCH3 is 1. The van der Waals surface area contributed by atoms with Crippen LogP contribution < -0.4 is 10.3 Å². The Balaban J connectivity index is 0.000000216. The van der Waals surface area contributed by atoms with Crippen molar-refractivity contribution in [2.45, 2.75) is 35.7 Å². The fourth-order valence-corrected chi connectivity index (χ4v) is 6.56. The van der Waals surface area contributed by atoms with Crippen molar-refractivity contribution in [3.8, 4) is 5.88 Å². The van der Waals surface area contributed by atoms with Crippen LogP contribution in [-0.4, -0.2) is 27.0 Å². The van der Waals surface area contributed by atoms with Gasteiger partial charge in [-0.1, -0.05) is 93.1 Å². The molecule has 0 fully saturated rings. The lowest BCUT2D eigenvalue weighted by Gasteiger charge is -2.08. The first-order valence-corrected chi connectivity index (χ1v) is 15.2. The van der Waals surface area contributed by atoms with E-state index < -0.39 is 0 Å². The summed E-state index contributed by atoms with van der Waals surface area (Å²) in [6.45, 7) is 3.65. The Morgan fingerprint density at radius 1 is 0.744 bits per heavy atom. The van der Waals surface area contributed by atoms with Crippen molar-refractivity contribution in [3.63, 3.8) is 0 Å². The van der Waals surface area contributed by atoms with Crippen molar-refractivity contribution in [1.29, 1.82) is 0 Å². The second-order valence-electron chi connectivity index (χ2n) is 7.75. The van der Waals surface area contributed by atoms with Crippen LogP contribution in [0, 0.1) is 13.8 Å². The molecule has 4 rings (SSSR count). The molecule has 0 spiro atoms. The van der Waals surface area contributed by atoms with Gasteiger partial charge in [0.1, 0.15) is 0 Å². The summed E-state index contributed by atoms with van der Waals surface area (Å²) in [5, 5.41) is 4.07. The number of hydrogen-bond acceptors (Lipinski definition) is 7. The van der Waals surface area contributed by atoms with Crippen LogP contribution in [0.3, 0.4) is 0 Å². The molecule has 0 unspecified atom stereocenters. The van der Waals surface area contributed by atoms with Gasteiger partial charge in [-0.3, -0.25) is 4.79 Å². The molecule has 0 amide bonds. The minimum Gasteiger partial charge on any atom is -0.481 e. The number of ether oxygens (including phenoxy) is 1. The van der Waals surface area contributed by atoms with E-state index in [9.17, 15) is 4.79 Å². The van der Waals surface area contributed by atoms with E-state index >= 15 is 0 Å². The van der Waals surface area contributed by atoms with Crippen LogP contribution in [0.2, 0.25) is 30.1 Å². The molecule has 206 valence electrons. The maximum atomic E-state index is 11.3. The maximum Gasteiger partial charge on any atom is 0.251 e. The number of nitrogens with one attached hydrogen (secondary N) is 1. The zero-order chi connectivity index (χ0) is 28.7. The van der Waals surface area contributed by atoms with Crippen molar-refractivity contribution >= 4 is 93.1 Å². The molecule has 0 atom stereocenters. The minimum absolute atomic E-state index is 0.182. The highest BCUT2D eigenvalue weighted by Gasteiger charge is 2.13. The second kappa shape index (κ2) is 15.0. The van der Waals surface area contributed by atoms with Gasteiger partial charge >= 0.3 is 0 Å². The number of benzene rings is 2. The van der Waals surface area contributed by atoms with Crippen LogP contribution in [-0.2, 0) is 11.5 Å². The lowest BCUT2D eigenvalue weighted by molar-refractivity contribution is 0.391. The molecule has 0 radical (unpaired) electrons. The predicted octanol–water partition coefficient (Wildman–Crippen LogP) is 9.38. The Hall–Kier alpha value is -1.36. The standard InChI is InChI=1S/C13H11Cl3N2OS.C12H9Cl3N2OS/c1-7-5-11(19-2)18-13(17-7)20-6-8-9(14)3-4-10(15)12(8)16;1-6-4-10(18)17-12(16-6)19-5-7-8(13)2-3-9(14)11(7)15/h3-5H,6H2,1-2H3;2-4H,5H2,1H3,(H,16,17,18).